The van der Waals surface area contributed by atoms with Gasteiger partial charge in [0.05, 0.1) is 18.6 Å². The van der Waals surface area contributed by atoms with Crippen LogP contribution in [0.5, 0.6) is 0 Å². The number of amides is 1. The van der Waals surface area contributed by atoms with Gasteiger partial charge < -0.3 is 14.7 Å². The molecule has 0 spiro atoms. The molecule has 1 rings (SSSR count). The summed E-state index contributed by atoms with van der Waals surface area (Å²) in [6.07, 6.45) is 0.420. The molecule has 1 aliphatic heterocycles. The van der Waals surface area contributed by atoms with E-state index in [1.54, 1.807) is 7.11 Å². The largest absolute Gasteiger partial charge is 0.395 e. The summed E-state index contributed by atoms with van der Waals surface area (Å²) in [6.45, 7) is 7.92. The number of carbonyl (C=O) groups excluding carboxylic acids is 1. The van der Waals surface area contributed by atoms with Crippen molar-refractivity contribution >= 4 is 5.91 Å². The lowest BCUT2D eigenvalue weighted by atomic mass is 10.0. The van der Waals surface area contributed by atoms with Gasteiger partial charge in [0.15, 0.2) is 0 Å². The van der Waals surface area contributed by atoms with Crippen molar-refractivity contribution in [2.24, 2.45) is 0 Å². The number of aliphatic hydroxyl groups excluding tert-OH is 1. The Kier molecular flexibility index (Phi) is 5.36. The minimum absolute atomic E-state index is 0.153. The zero-order chi connectivity index (χ0) is 12.9. The number of rotatable bonds is 5. The van der Waals surface area contributed by atoms with Gasteiger partial charge in [-0.05, 0) is 13.8 Å². The summed E-state index contributed by atoms with van der Waals surface area (Å²) < 4.78 is 5.27. The number of nitrogens with zero attached hydrogens (tertiary/aromatic N) is 2. The molecule has 1 N–H and O–H groups in total. The van der Waals surface area contributed by atoms with Crippen molar-refractivity contribution in [2.45, 2.75) is 25.9 Å². The summed E-state index contributed by atoms with van der Waals surface area (Å²) in [5, 5.41) is 8.84. The van der Waals surface area contributed by atoms with Crippen LogP contribution in [0.1, 0.15) is 20.3 Å². The molecule has 0 saturated carbocycles. The van der Waals surface area contributed by atoms with E-state index in [2.05, 4.69) is 4.90 Å². The molecule has 1 amide bonds. The molecule has 0 atom stereocenters. The van der Waals surface area contributed by atoms with Crippen molar-refractivity contribution in [1.29, 1.82) is 0 Å². The van der Waals surface area contributed by atoms with Crippen molar-refractivity contribution in [2.75, 3.05) is 46.4 Å². The number of hydrogen-bond acceptors (Lipinski definition) is 4. The lowest BCUT2D eigenvalue weighted by Gasteiger charge is -2.35. The molecule has 1 fully saturated rings. The maximum Gasteiger partial charge on any atom is 0.225 e. The molecule has 0 radical (unpaired) electrons. The second-order valence-electron chi connectivity index (χ2n) is 5.09. The van der Waals surface area contributed by atoms with Crippen LogP contribution >= 0.6 is 0 Å². The molecule has 0 aliphatic carbocycles. The molecule has 1 aliphatic rings. The summed E-state index contributed by atoms with van der Waals surface area (Å²) in [4.78, 5) is 16.1. The van der Waals surface area contributed by atoms with E-state index in [0.29, 0.717) is 13.0 Å². The van der Waals surface area contributed by atoms with Crippen LogP contribution in [-0.4, -0.2) is 72.9 Å². The molecular weight excluding hydrogens is 220 g/mol. The summed E-state index contributed by atoms with van der Waals surface area (Å²) in [6, 6.07) is 0. The molecule has 0 unspecified atom stereocenters. The zero-order valence-corrected chi connectivity index (χ0v) is 11.1. The summed E-state index contributed by atoms with van der Waals surface area (Å²) in [5.74, 6) is 0.153. The Bertz CT molecular complexity index is 248. The summed E-state index contributed by atoms with van der Waals surface area (Å²) >= 11 is 0. The van der Waals surface area contributed by atoms with Gasteiger partial charge in [0.25, 0.3) is 0 Å². The second kappa shape index (κ2) is 6.33. The average Bonchev–Trinajstić information content (AvgIpc) is 2.30. The van der Waals surface area contributed by atoms with Crippen molar-refractivity contribution < 1.29 is 14.6 Å². The summed E-state index contributed by atoms with van der Waals surface area (Å²) in [5.41, 5.74) is -0.390. The predicted molar refractivity (Wildman–Crippen MR) is 65.8 cm³/mol. The number of carbonyl (C=O) groups is 1. The van der Waals surface area contributed by atoms with Crippen LogP contribution < -0.4 is 0 Å². The first-order valence-electron chi connectivity index (χ1n) is 6.14. The van der Waals surface area contributed by atoms with E-state index in [4.69, 9.17) is 9.84 Å². The highest BCUT2D eigenvalue weighted by Gasteiger charge is 2.26. The number of ether oxygens (including phenoxy) is 1. The van der Waals surface area contributed by atoms with Gasteiger partial charge in [-0.2, -0.15) is 0 Å². The minimum atomic E-state index is -0.390. The smallest absolute Gasteiger partial charge is 0.225 e. The molecule has 1 saturated heterocycles. The molecule has 0 bridgehead atoms. The first-order chi connectivity index (χ1) is 7.98. The lowest BCUT2D eigenvalue weighted by molar-refractivity contribution is -0.138. The fraction of sp³-hybridized carbons (Fsp3) is 0.917. The van der Waals surface area contributed by atoms with Crippen LogP contribution in [0.15, 0.2) is 0 Å². The fourth-order valence-corrected chi connectivity index (χ4v) is 1.91. The number of β-amino-alcohol motifs (C(OH)–C–C–N with tert-alkyl or cyclic N) is 1. The van der Waals surface area contributed by atoms with E-state index in [9.17, 15) is 4.79 Å². The van der Waals surface area contributed by atoms with E-state index < -0.39 is 0 Å². The van der Waals surface area contributed by atoms with Crippen LogP contribution in [0.4, 0.5) is 0 Å². The maximum atomic E-state index is 12.0. The Labute approximate surface area is 103 Å². The zero-order valence-electron chi connectivity index (χ0n) is 11.1. The van der Waals surface area contributed by atoms with Gasteiger partial charge in [0, 0.05) is 39.8 Å². The first-order valence-corrected chi connectivity index (χ1v) is 6.14. The Morgan fingerprint density at radius 1 is 1.29 bits per heavy atom. The molecule has 1 heterocycles. The van der Waals surface area contributed by atoms with Gasteiger partial charge in [0.1, 0.15) is 0 Å². The summed E-state index contributed by atoms with van der Waals surface area (Å²) in [7, 11) is 1.63. The van der Waals surface area contributed by atoms with Crippen LogP contribution in [0, 0.1) is 0 Å². The highest BCUT2D eigenvalue weighted by atomic mass is 16.5. The Hall–Kier alpha value is -0.650. The predicted octanol–water partition coefficient (Wildman–Crippen LogP) is -0.0620. The normalized spacial score (nSPS) is 18.5. The lowest BCUT2D eigenvalue weighted by Crippen LogP contribution is -2.50. The topological polar surface area (TPSA) is 53.0 Å². The first kappa shape index (κ1) is 14.4. The van der Waals surface area contributed by atoms with Crippen LogP contribution in [0.3, 0.4) is 0 Å². The van der Waals surface area contributed by atoms with E-state index in [-0.39, 0.29) is 18.1 Å². The molecule has 0 aromatic rings. The molecular formula is C12H24N2O3. The van der Waals surface area contributed by atoms with E-state index in [0.717, 1.165) is 26.2 Å². The molecule has 5 heteroatoms. The molecule has 100 valence electrons. The van der Waals surface area contributed by atoms with Crippen molar-refractivity contribution in [3.63, 3.8) is 0 Å². The standard InChI is InChI=1S/C12H24N2O3/c1-12(2,17-3)10-11(16)14-6-4-13(5-7-14)8-9-15/h15H,4-10H2,1-3H3. The third-order valence-electron chi connectivity index (χ3n) is 3.27. The highest BCUT2D eigenvalue weighted by Crippen LogP contribution is 2.15. The highest BCUT2D eigenvalue weighted by molar-refractivity contribution is 5.77. The maximum absolute atomic E-state index is 12.0. The van der Waals surface area contributed by atoms with Crippen LogP contribution in [-0.2, 0) is 9.53 Å². The quantitative estimate of drug-likeness (QED) is 0.736. The van der Waals surface area contributed by atoms with E-state index >= 15 is 0 Å². The number of piperazine rings is 1. The van der Waals surface area contributed by atoms with Crippen molar-refractivity contribution in [3.05, 3.63) is 0 Å². The minimum Gasteiger partial charge on any atom is -0.395 e. The average molecular weight is 244 g/mol. The van der Waals surface area contributed by atoms with Gasteiger partial charge in [-0.3, -0.25) is 9.69 Å². The molecule has 5 nitrogen and oxygen atoms in total. The molecule has 0 aromatic heterocycles. The van der Waals surface area contributed by atoms with Crippen LogP contribution in [0.25, 0.3) is 0 Å². The number of methoxy groups -OCH3 is 1. The van der Waals surface area contributed by atoms with Gasteiger partial charge >= 0.3 is 0 Å². The monoisotopic (exact) mass is 244 g/mol. The Morgan fingerprint density at radius 2 is 1.88 bits per heavy atom. The number of aliphatic hydroxyl groups is 1. The van der Waals surface area contributed by atoms with Gasteiger partial charge in [-0.1, -0.05) is 0 Å². The fourth-order valence-electron chi connectivity index (χ4n) is 1.91. The van der Waals surface area contributed by atoms with Gasteiger partial charge in [-0.25, -0.2) is 0 Å². The Morgan fingerprint density at radius 3 is 2.35 bits per heavy atom. The SMILES string of the molecule is COC(C)(C)CC(=O)N1CCN(CCO)CC1. The van der Waals surface area contributed by atoms with Crippen LogP contribution in [0.2, 0.25) is 0 Å². The van der Waals surface area contributed by atoms with Crippen molar-refractivity contribution in [1.82, 2.24) is 9.80 Å². The van der Waals surface area contributed by atoms with Crippen molar-refractivity contribution in [3.8, 4) is 0 Å². The second-order valence-corrected chi connectivity index (χ2v) is 5.09. The van der Waals surface area contributed by atoms with E-state index in [1.165, 1.54) is 0 Å². The third-order valence-corrected chi connectivity index (χ3v) is 3.27. The van der Waals surface area contributed by atoms with E-state index in [1.807, 2.05) is 18.7 Å². The molecule has 17 heavy (non-hydrogen) atoms. The van der Waals surface area contributed by atoms with Gasteiger partial charge in [0.2, 0.25) is 5.91 Å². The van der Waals surface area contributed by atoms with Gasteiger partial charge in [-0.15, -0.1) is 0 Å². The Balaban J connectivity index is 2.36. The number of hydrogen-bond donors (Lipinski definition) is 1. The molecule has 0 aromatic carbocycles. The third kappa shape index (κ3) is 4.61.